The van der Waals surface area contributed by atoms with Crippen LogP contribution in [0.2, 0.25) is 0 Å². The van der Waals surface area contributed by atoms with Gasteiger partial charge in [0.25, 0.3) is 0 Å². The lowest BCUT2D eigenvalue weighted by atomic mass is 10.2. The Bertz CT molecular complexity index is 1010. The first kappa shape index (κ1) is 21.1. The molecular formula is C21H28N8O. The fourth-order valence-corrected chi connectivity index (χ4v) is 2.86. The van der Waals surface area contributed by atoms with E-state index in [9.17, 15) is 4.79 Å². The highest BCUT2D eigenvalue weighted by molar-refractivity contribution is 5.89. The van der Waals surface area contributed by atoms with Crippen LogP contribution in [0.1, 0.15) is 36.7 Å². The van der Waals surface area contributed by atoms with Crippen molar-refractivity contribution in [2.24, 2.45) is 0 Å². The molecule has 0 aliphatic heterocycles. The van der Waals surface area contributed by atoms with E-state index in [0.29, 0.717) is 24.1 Å². The Hall–Kier alpha value is -3.62. The van der Waals surface area contributed by atoms with E-state index >= 15 is 0 Å². The number of anilines is 5. The Balaban J connectivity index is 1.67. The molecule has 0 unspecified atom stereocenters. The average molecular weight is 409 g/mol. The third-order valence-electron chi connectivity index (χ3n) is 4.36. The molecule has 3 aromatic rings. The van der Waals surface area contributed by atoms with Crippen molar-refractivity contribution < 1.29 is 4.79 Å². The summed E-state index contributed by atoms with van der Waals surface area (Å²) in [5.74, 6) is 1.82. The zero-order valence-electron chi connectivity index (χ0n) is 17.8. The van der Waals surface area contributed by atoms with Crippen molar-refractivity contribution in [2.45, 2.75) is 40.5 Å². The number of benzene rings is 1. The van der Waals surface area contributed by atoms with Crippen LogP contribution >= 0.6 is 0 Å². The predicted molar refractivity (Wildman–Crippen MR) is 120 cm³/mol. The van der Waals surface area contributed by atoms with Gasteiger partial charge in [0.15, 0.2) is 5.82 Å². The predicted octanol–water partition coefficient (Wildman–Crippen LogP) is 4.53. The summed E-state index contributed by atoms with van der Waals surface area (Å²) in [7, 11) is 0. The zero-order valence-corrected chi connectivity index (χ0v) is 17.8. The van der Waals surface area contributed by atoms with Crippen molar-refractivity contribution in [2.75, 3.05) is 22.5 Å². The highest BCUT2D eigenvalue weighted by Gasteiger charge is 2.08. The lowest BCUT2D eigenvalue weighted by molar-refractivity contribution is 0.252. The first-order chi connectivity index (χ1) is 14.4. The Kier molecular flexibility index (Phi) is 6.84. The lowest BCUT2D eigenvalue weighted by Gasteiger charge is -2.13. The van der Waals surface area contributed by atoms with Gasteiger partial charge in [-0.25, -0.2) is 9.78 Å². The van der Waals surface area contributed by atoms with E-state index in [0.717, 1.165) is 41.2 Å². The number of H-pyrrole nitrogens is 1. The van der Waals surface area contributed by atoms with Gasteiger partial charge in [0.05, 0.1) is 0 Å². The molecule has 0 fully saturated rings. The van der Waals surface area contributed by atoms with E-state index in [1.54, 1.807) is 0 Å². The smallest absolute Gasteiger partial charge is 0.319 e. The Morgan fingerprint density at radius 3 is 2.57 bits per heavy atom. The number of aromatic amines is 1. The number of nitrogens with one attached hydrogen (secondary N) is 5. The molecule has 2 amide bonds. The van der Waals surface area contributed by atoms with Crippen LogP contribution in [0.15, 0.2) is 30.3 Å². The van der Waals surface area contributed by atoms with Gasteiger partial charge in [0.2, 0.25) is 5.95 Å². The van der Waals surface area contributed by atoms with Gasteiger partial charge in [-0.3, -0.25) is 5.10 Å². The van der Waals surface area contributed by atoms with E-state index in [4.69, 9.17) is 0 Å². The number of hydrogen-bond donors (Lipinski definition) is 5. The largest absolute Gasteiger partial charge is 0.338 e. The van der Waals surface area contributed by atoms with Crippen LogP contribution in [-0.4, -0.2) is 32.7 Å². The van der Waals surface area contributed by atoms with Crippen LogP contribution in [0.4, 0.5) is 33.8 Å². The molecule has 9 nitrogen and oxygen atoms in total. The minimum Gasteiger partial charge on any atom is -0.338 e. The van der Waals surface area contributed by atoms with Crippen molar-refractivity contribution >= 4 is 35.0 Å². The molecule has 158 valence electrons. The number of aromatic nitrogens is 4. The molecule has 0 saturated carbocycles. The van der Waals surface area contributed by atoms with E-state index in [2.05, 4.69) is 48.4 Å². The summed E-state index contributed by atoms with van der Waals surface area (Å²) in [5.41, 5.74) is 4.34. The molecule has 30 heavy (non-hydrogen) atoms. The molecule has 9 heteroatoms. The maximum absolute atomic E-state index is 11.9. The third-order valence-corrected chi connectivity index (χ3v) is 4.36. The van der Waals surface area contributed by atoms with Gasteiger partial charge in [-0.15, -0.1) is 0 Å². The van der Waals surface area contributed by atoms with Crippen LogP contribution in [0, 0.1) is 20.8 Å². The number of urea groups is 1. The van der Waals surface area contributed by atoms with E-state index in [1.807, 2.05) is 51.1 Å². The van der Waals surface area contributed by atoms with Crippen molar-refractivity contribution in [1.82, 2.24) is 25.5 Å². The van der Waals surface area contributed by atoms with Crippen LogP contribution in [0.3, 0.4) is 0 Å². The fraction of sp³-hybridized carbons (Fsp3) is 0.333. The highest BCUT2D eigenvalue weighted by Crippen LogP contribution is 2.23. The minimum absolute atomic E-state index is 0.199. The molecule has 0 aliphatic carbocycles. The molecule has 0 aliphatic rings. The number of nitrogens with zero attached hydrogens (tertiary/aromatic N) is 3. The molecule has 1 aromatic carbocycles. The van der Waals surface area contributed by atoms with Crippen LogP contribution in [-0.2, 0) is 0 Å². The van der Waals surface area contributed by atoms with Gasteiger partial charge >= 0.3 is 6.03 Å². The Morgan fingerprint density at radius 2 is 1.87 bits per heavy atom. The second-order valence-electron chi connectivity index (χ2n) is 7.17. The number of amides is 2. The second-order valence-corrected chi connectivity index (χ2v) is 7.17. The Morgan fingerprint density at radius 1 is 1.03 bits per heavy atom. The van der Waals surface area contributed by atoms with Crippen LogP contribution in [0.5, 0.6) is 0 Å². The first-order valence-electron chi connectivity index (χ1n) is 10.00. The molecule has 2 heterocycles. The second kappa shape index (κ2) is 9.73. The number of aryl methyl sites for hydroxylation is 3. The van der Waals surface area contributed by atoms with E-state index in [-0.39, 0.29) is 6.03 Å². The molecular weight excluding hydrogens is 380 g/mol. The summed E-state index contributed by atoms with van der Waals surface area (Å²) in [6, 6.07) is 9.20. The van der Waals surface area contributed by atoms with Crippen molar-refractivity contribution in [1.29, 1.82) is 0 Å². The SMILES string of the molecule is CCCCNC(=O)Nc1ccc(Nc2nc(C)cc(Nc3cc(C)[nH]n3)n2)c(C)c1. The number of unbranched alkanes of at least 4 members (excludes halogenated alkanes) is 1. The van der Waals surface area contributed by atoms with Crippen molar-refractivity contribution in [3.8, 4) is 0 Å². The molecule has 5 N–H and O–H groups in total. The van der Waals surface area contributed by atoms with E-state index in [1.165, 1.54) is 0 Å². The number of hydrogen-bond acceptors (Lipinski definition) is 6. The summed E-state index contributed by atoms with van der Waals surface area (Å²) >= 11 is 0. The summed E-state index contributed by atoms with van der Waals surface area (Å²) in [4.78, 5) is 20.9. The minimum atomic E-state index is -0.199. The van der Waals surface area contributed by atoms with E-state index < -0.39 is 0 Å². The van der Waals surface area contributed by atoms with Gasteiger partial charge in [-0.05, 0) is 51.0 Å². The molecule has 0 radical (unpaired) electrons. The molecule has 0 atom stereocenters. The van der Waals surface area contributed by atoms with Crippen molar-refractivity contribution in [3.63, 3.8) is 0 Å². The fourth-order valence-electron chi connectivity index (χ4n) is 2.86. The molecule has 3 rings (SSSR count). The topological polar surface area (TPSA) is 120 Å². The first-order valence-corrected chi connectivity index (χ1v) is 10.00. The molecule has 2 aromatic heterocycles. The van der Waals surface area contributed by atoms with Gasteiger partial charge in [-0.2, -0.15) is 10.1 Å². The van der Waals surface area contributed by atoms with Gasteiger partial charge < -0.3 is 21.3 Å². The van der Waals surface area contributed by atoms with Gasteiger partial charge in [0, 0.05) is 41.4 Å². The van der Waals surface area contributed by atoms with Crippen LogP contribution in [0.25, 0.3) is 0 Å². The van der Waals surface area contributed by atoms with Crippen molar-refractivity contribution in [3.05, 3.63) is 47.3 Å². The molecule has 0 spiro atoms. The highest BCUT2D eigenvalue weighted by atomic mass is 16.2. The normalized spacial score (nSPS) is 10.5. The molecule has 0 bridgehead atoms. The lowest BCUT2D eigenvalue weighted by Crippen LogP contribution is -2.29. The number of carbonyl (C=O) groups excluding carboxylic acids is 1. The maximum Gasteiger partial charge on any atom is 0.319 e. The number of rotatable bonds is 8. The third kappa shape index (κ3) is 5.94. The van der Waals surface area contributed by atoms with Gasteiger partial charge in [-0.1, -0.05) is 13.3 Å². The Labute approximate surface area is 176 Å². The van der Waals surface area contributed by atoms with Gasteiger partial charge in [0.1, 0.15) is 5.82 Å². The quantitative estimate of drug-likeness (QED) is 0.349. The average Bonchev–Trinajstić information content (AvgIpc) is 3.08. The molecule has 0 saturated heterocycles. The maximum atomic E-state index is 11.9. The zero-order chi connectivity index (χ0) is 21.5. The summed E-state index contributed by atoms with van der Waals surface area (Å²) < 4.78 is 0. The number of carbonyl (C=O) groups is 1. The summed E-state index contributed by atoms with van der Waals surface area (Å²) in [6.07, 6.45) is 2.00. The summed E-state index contributed by atoms with van der Waals surface area (Å²) in [6.45, 7) is 8.56. The monoisotopic (exact) mass is 408 g/mol. The standard InChI is InChI=1S/C21H28N8O/c1-5-6-9-22-21(30)24-16-7-8-17(13(2)10-16)25-20-23-14(3)11-18(27-20)26-19-12-15(4)28-29-19/h7-8,10-12H,5-6,9H2,1-4H3,(H2,22,24,30)(H3,23,25,26,27,28,29). The summed E-state index contributed by atoms with van der Waals surface area (Å²) in [5, 5.41) is 19.2. The van der Waals surface area contributed by atoms with Crippen LogP contribution < -0.4 is 21.3 Å².